The van der Waals surface area contributed by atoms with Gasteiger partial charge in [-0.25, -0.2) is 24.1 Å². The second kappa shape index (κ2) is 9.30. The highest BCUT2D eigenvalue weighted by atomic mass is 35.5. The summed E-state index contributed by atoms with van der Waals surface area (Å²) in [6.07, 6.45) is 8.83. The van der Waals surface area contributed by atoms with Crippen molar-refractivity contribution in [2.45, 2.75) is 25.3 Å². The average molecular weight is 444 g/mol. The predicted octanol–water partition coefficient (Wildman–Crippen LogP) is 3.97. The highest BCUT2D eigenvalue weighted by Crippen LogP contribution is 2.28. The zero-order chi connectivity index (χ0) is 21.8. The third kappa shape index (κ3) is 4.61. The molecule has 0 radical (unpaired) electrons. The smallest absolute Gasteiger partial charge is 0.317 e. The van der Waals surface area contributed by atoms with Crippen molar-refractivity contribution in [1.82, 2.24) is 30.2 Å². The van der Waals surface area contributed by atoms with Gasteiger partial charge in [0.15, 0.2) is 17.5 Å². The molecule has 3 N–H and O–H groups in total. The normalized spacial score (nSPS) is 16.3. The van der Waals surface area contributed by atoms with Crippen LogP contribution in [0.5, 0.6) is 0 Å². The fourth-order valence-electron chi connectivity index (χ4n) is 3.74. The molecule has 1 fully saturated rings. The van der Waals surface area contributed by atoms with E-state index in [1.165, 1.54) is 0 Å². The fraction of sp³-hybridized carbons (Fsp3) is 0.333. The molecule has 2 amide bonds. The lowest BCUT2D eigenvalue weighted by atomic mass is 10.0. The average Bonchev–Trinajstić information content (AvgIpc) is 3.20. The zero-order valence-electron chi connectivity index (χ0n) is 16.9. The van der Waals surface area contributed by atoms with E-state index in [1.807, 2.05) is 0 Å². The van der Waals surface area contributed by atoms with Crippen molar-refractivity contribution in [1.29, 1.82) is 0 Å². The van der Waals surface area contributed by atoms with Crippen molar-refractivity contribution in [3.63, 3.8) is 0 Å². The highest BCUT2D eigenvalue weighted by Gasteiger charge is 2.26. The van der Waals surface area contributed by atoms with Crippen LogP contribution in [0.15, 0.2) is 37.3 Å². The minimum atomic E-state index is -0.557. The second-order valence-electron chi connectivity index (χ2n) is 7.34. The molecule has 4 rings (SSSR count). The molecule has 1 aliphatic rings. The number of hydrogen-bond donors (Lipinski definition) is 3. The molecular weight excluding hydrogens is 421 g/mol. The van der Waals surface area contributed by atoms with Crippen LogP contribution >= 0.6 is 11.6 Å². The van der Waals surface area contributed by atoms with Gasteiger partial charge in [0.05, 0.1) is 17.3 Å². The van der Waals surface area contributed by atoms with E-state index in [1.54, 1.807) is 29.4 Å². The molecule has 0 saturated carbocycles. The SMILES string of the molecule is C=CCNC(=O)N1CCCC[C@@H]1CNc1nc(-c2c[nH]c3ncc(Cl)cc23)ncc1F. The molecule has 3 aromatic heterocycles. The van der Waals surface area contributed by atoms with Gasteiger partial charge in [-0.15, -0.1) is 6.58 Å². The molecule has 8 nitrogen and oxygen atoms in total. The Balaban J connectivity index is 1.53. The third-order valence-electron chi connectivity index (χ3n) is 5.27. The Morgan fingerprint density at radius 3 is 3.10 bits per heavy atom. The van der Waals surface area contributed by atoms with E-state index in [0.717, 1.165) is 30.8 Å². The number of aromatic amines is 1. The molecule has 0 aliphatic carbocycles. The first-order valence-corrected chi connectivity index (χ1v) is 10.5. The molecule has 4 heterocycles. The van der Waals surface area contributed by atoms with Gasteiger partial charge in [0, 0.05) is 43.0 Å². The fourth-order valence-corrected chi connectivity index (χ4v) is 3.90. The molecule has 1 saturated heterocycles. The number of piperidine rings is 1. The second-order valence-corrected chi connectivity index (χ2v) is 7.78. The summed E-state index contributed by atoms with van der Waals surface area (Å²) in [4.78, 5) is 30.0. The molecule has 3 aromatic rings. The Hall–Kier alpha value is -3.20. The number of halogens is 2. The topological polar surface area (TPSA) is 98.8 Å². The maximum Gasteiger partial charge on any atom is 0.317 e. The number of likely N-dealkylation sites (tertiary alicyclic amines) is 1. The van der Waals surface area contributed by atoms with E-state index in [0.29, 0.717) is 41.7 Å². The maximum atomic E-state index is 14.4. The van der Waals surface area contributed by atoms with Crippen LogP contribution in [0.3, 0.4) is 0 Å². The quantitative estimate of drug-likeness (QED) is 0.500. The standard InChI is InChI=1S/C21H23ClFN7O/c1-2-6-24-21(31)30-7-4-3-5-14(30)10-26-20-17(23)12-28-19(29-20)16-11-27-18-15(16)8-13(22)9-25-18/h2,8-9,11-12,14H,1,3-7,10H2,(H,24,31)(H,25,27)(H,26,28,29)/t14-/m1/s1. The molecule has 0 unspecified atom stereocenters. The summed E-state index contributed by atoms with van der Waals surface area (Å²) in [6, 6.07) is 1.56. The number of nitrogens with one attached hydrogen (secondary N) is 3. The lowest BCUT2D eigenvalue weighted by Gasteiger charge is -2.35. The number of anilines is 1. The van der Waals surface area contributed by atoms with Crippen molar-refractivity contribution in [2.24, 2.45) is 0 Å². The number of rotatable bonds is 6. The number of amides is 2. The monoisotopic (exact) mass is 443 g/mol. The Bertz CT molecular complexity index is 1100. The number of nitrogens with zero attached hydrogens (tertiary/aromatic N) is 4. The Morgan fingerprint density at radius 2 is 2.26 bits per heavy atom. The molecule has 0 bridgehead atoms. The van der Waals surface area contributed by atoms with Crippen LogP contribution in [0, 0.1) is 5.82 Å². The number of hydrogen-bond acceptors (Lipinski definition) is 5. The molecule has 1 aliphatic heterocycles. The van der Waals surface area contributed by atoms with Crippen LogP contribution in [0.1, 0.15) is 19.3 Å². The summed E-state index contributed by atoms with van der Waals surface area (Å²) < 4.78 is 14.4. The van der Waals surface area contributed by atoms with E-state index < -0.39 is 5.82 Å². The van der Waals surface area contributed by atoms with Gasteiger partial charge in [-0.05, 0) is 25.3 Å². The molecule has 10 heteroatoms. The number of H-pyrrole nitrogens is 1. The third-order valence-corrected chi connectivity index (χ3v) is 5.48. The summed E-state index contributed by atoms with van der Waals surface area (Å²) in [5, 5.41) is 7.12. The van der Waals surface area contributed by atoms with Crippen LogP contribution in [-0.2, 0) is 0 Å². The lowest BCUT2D eigenvalue weighted by Crippen LogP contribution is -2.51. The van der Waals surface area contributed by atoms with Crippen molar-refractivity contribution >= 4 is 34.5 Å². The van der Waals surface area contributed by atoms with Crippen LogP contribution < -0.4 is 10.6 Å². The van der Waals surface area contributed by atoms with E-state index in [-0.39, 0.29) is 17.9 Å². The van der Waals surface area contributed by atoms with Gasteiger partial charge >= 0.3 is 6.03 Å². The van der Waals surface area contributed by atoms with Gasteiger partial charge in [0.2, 0.25) is 0 Å². The number of carbonyl (C=O) groups is 1. The number of aromatic nitrogens is 4. The number of carbonyl (C=O) groups excluding carboxylic acids is 1. The number of fused-ring (bicyclic) bond motifs is 1. The molecule has 0 spiro atoms. The minimum absolute atomic E-state index is 0.0625. The van der Waals surface area contributed by atoms with Crippen LogP contribution in [0.25, 0.3) is 22.4 Å². The van der Waals surface area contributed by atoms with E-state index in [4.69, 9.17) is 11.6 Å². The van der Waals surface area contributed by atoms with E-state index in [9.17, 15) is 9.18 Å². The molecule has 162 valence electrons. The van der Waals surface area contributed by atoms with Crippen molar-refractivity contribution in [3.05, 3.63) is 48.2 Å². The summed E-state index contributed by atoms with van der Waals surface area (Å²) >= 11 is 6.07. The molecular formula is C21H23ClFN7O. The van der Waals surface area contributed by atoms with Gasteiger partial charge in [-0.2, -0.15) is 0 Å². The first kappa shape index (κ1) is 21.0. The largest absolute Gasteiger partial charge is 0.365 e. The van der Waals surface area contributed by atoms with E-state index in [2.05, 4.69) is 37.1 Å². The minimum Gasteiger partial charge on any atom is -0.365 e. The van der Waals surface area contributed by atoms with Gasteiger partial charge in [-0.1, -0.05) is 17.7 Å². The van der Waals surface area contributed by atoms with Crippen molar-refractivity contribution in [3.8, 4) is 11.4 Å². The first-order chi connectivity index (χ1) is 15.1. The lowest BCUT2D eigenvalue weighted by molar-refractivity contribution is 0.156. The summed E-state index contributed by atoms with van der Waals surface area (Å²) in [5.74, 6) is -0.118. The van der Waals surface area contributed by atoms with Crippen LogP contribution in [-0.4, -0.2) is 56.5 Å². The maximum absolute atomic E-state index is 14.4. The van der Waals surface area contributed by atoms with Gasteiger partial charge in [0.25, 0.3) is 0 Å². The first-order valence-electron chi connectivity index (χ1n) is 10.1. The van der Waals surface area contributed by atoms with E-state index >= 15 is 0 Å². The number of urea groups is 1. The summed E-state index contributed by atoms with van der Waals surface area (Å²) in [7, 11) is 0. The summed E-state index contributed by atoms with van der Waals surface area (Å²) in [6.45, 7) is 5.07. The molecule has 1 atom stereocenters. The van der Waals surface area contributed by atoms with Crippen LogP contribution in [0.2, 0.25) is 5.02 Å². The van der Waals surface area contributed by atoms with Crippen molar-refractivity contribution in [2.75, 3.05) is 25.0 Å². The van der Waals surface area contributed by atoms with Gasteiger partial charge in [0.1, 0.15) is 5.65 Å². The Morgan fingerprint density at radius 1 is 1.39 bits per heavy atom. The zero-order valence-corrected chi connectivity index (χ0v) is 17.6. The van der Waals surface area contributed by atoms with Crippen LogP contribution in [0.4, 0.5) is 15.0 Å². The summed E-state index contributed by atoms with van der Waals surface area (Å²) in [5.41, 5.74) is 1.32. The Labute approximate surface area is 183 Å². The van der Waals surface area contributed by atoms with Crippen molar-refractivity contribution < 1.29 is 9.18 Å². The van der Waals surface area contributed by atoms with Gasteiger partial charge < -0.3 is 20.5 Å². The highest BCUT2D eigenvalue weighted by molar-refractivity contribution is 6.31. The molecule has 31 heavy (non-hydrogen) atoms. The van der Waals surface area contributed by atoms with Gasteiger partial charge in [-0.3, -0.25) is 0 Å². The number of pyridine rings is 1. The predicted molar refractivity (Wildman–Crippen MR) is 119 cm³/mol. The molecule has 0 aromatic carbocycles. The Kier molecular flexibility index (Phi) is 6.31.